The Morgan fingerprint density at radius 3 is 2.35 bits per heavy atom. The molecule has 2 aromatic carbocycles. The van der Waals surface area contributed by atoms with Crippen LogP contribution in [-0.2, 0) is 0 Å². The van der Waals surface area contributed by atoms with Crippen molar-refractivity contribution in [1.29, 1.82) is 0 Å². The SMILES string of the molecule is CC(=O)c1ccccc1Oc1ccc(F)cc1. The molecular formula is C14H11FO2. The van der Waals surface area contributed by atoms with E-state index in [0.29, 0.717) is 17.1 Å². The number of carbonyl (C=O) groups is 1. The first-order valence-corrected chi connectivity index (χ1v) is 5.20. The highest BCUT2D eigenvalue weighted by Crippen LogP contribution is 2.25. The van der Waals surface area contributed by atoms with E-state index >= 15 is 0 Å². The van der Waals surface area contributed by atoms with Crippen LogP contribution in [0.15, 0.2) is 48.5 Å². The summed E-state index contributed by atoms with van der Waals surface area (Å²) in [5.74, 6) is 0.589. The smallest absolute Gasteiger partial charge is 0.163 e. The van der Waals surface area contributed by atoms with Crippen LogP contribution in [0, 0.1) is 5.82 Å². The third-order valence-electron chi connectivity index (χ3n) is 2.31. The van der Waals surface area contributed by atoms with Crippen molar-refractivity contribution >= 4 is 5.78 Å². The van der Waals surface area contributed by atoms with Gasteiger partial charge in [0.1, 0.15) is 17.3 Å². The Hall–Kier alpha value is -2.16. The van der Waals surface area contributed by atoms with Gasteiger partial charge in [-0.3, -0.25) is 4.79 Å². The standard InChI is InChI=1S/C14H11FO2/c1-10(16)13-4-2-3-5-14(13)17-12-8-6-11(15)7-9-12/h2-9H,1H3. The van der Waals surface area contributed by atoms with Crippen LogP contribution in [0.2, 0.25) is 0 Å². The predicted molar refractivity (Wildman–Crippen MR) is 62.9 cm³/mol. The molecule has 2 aromatic rings. The molecule has 0 aliphatic carbocycles. The van der Waals surface area contributed by atoms with Crippen molar-refractivity contribution in [3.63, 3.8) is 0 Å². The van der Waals surface area contributed by atoms with E-state index in [2.05, 4.69) is 0 Å². The lowest BCUT2D eigenvalue weighted by atomic mass is 10.1. The summed E-state index contributed by atoms with van der Waals surface area (Å²) >= 11 is 0. The molecule has 86 valence electrons. The highest BCUT2D eigenvalue weighted by atomic mass is 19.1. The Morgan fingerprint density at radius 2 is 1.71 bits per heavy atom. The van der Waals surface area contributed by atoms with Gasteiger partial charge in [-0.05, 0) is 43.3 Å². The highest BCUT2D eigenvalue weighted by Gasteiger charge is 2.08. The molecule has 0 aliphatic rings. The van der Waals surface area contributed by atoms with Gasteiger partial charge in [0.2, 0.25) is 0 Å². The van der Waals surface area contributed by atoms with Crippen molar-refractivity contribution < 1.29 is 13.9 Å². The maximum atomic E-state index is 12.7. The van der Waals surface area contributed by atoms with Crippen molar-refractivity contribution in [2.45, 2.75) is 6.92 Å². The van der Waals surface area contributed by atoms with Crippen LogP contribution in [0.25, 0.3) is 0 Å². The van der Waals surface area contributed by atoms with E-state index in [1.807, 2.05) is 0 Å². The zero-order chi connectivity index (χ0) is 12.3. The van der Waals surface area contributed by atoms with Crippen LogP contribution < -0.4 is 4.74 Å². The molecule has 0 aliphatic heterocycles. The minimum absolute atomic E-state index is 0.0669. The lowest BCUT2D eigenvalue weighted by molar-refractivity contribution is 0.101. The minimum Gasteiger partial charge on any atom is -0.457 e. The van der Waals surface area contributed by atoms with Crippen molar-refractivity contribution in [3.05, 3.63) is 59.9 Å². The molecule has 0 aromatic heterocycles. The van der Waals surface area contributed by atoms with Crippen LogP contribution >= 0.6 is 0 Å². The molecule has 0 radical (unpaired) electrons. The van der Waals surface area contributed by atoms with Crippen LogP contribution in [0.3, 0.4) is 0 Å². The molecule has 2 nitrogen and oxygen atoms in total. The van der Waals surface area contributed by atoms with Gasteiger partial charge < -0.3 is 4.74 Å². The Balaban J connectivity index is 2.30. The van der Waals surface area contributed by atoms with E-state index in [0.717, 1.165) is 0 Å². The number of halogens is 1. The summed E-state index contributed by atoms with van der Waals surface area (Å²) in [6, 6.07) is 12.6. The van der Waals surface area contributed by atoms with Gasteiger partial charge in [-0.2, -0.15) is 0 Å². The summed E-state index contributed by atoms with van der Waals surface area (Å²) < 4.78 is 18.3. The van der Waals surface area contributed by atoms with Crippen LogP contribution in [0.5, 0.6) is 11.5 Å². The number of ketones is 1. The maximum Gasteiger partial charge on any atom is 0.163 e. The summed E-state index contributed by atoms with van der Waals surface area (Å²) in [7, 11) is 0. The summed E-state index contributed by atoms with van der Waals surface area (Å²) in [5, 5.41) is 0. The molecule has 0 atom stereocenters. The monoisotopic (exact) mass is 230 g/mol. The molecule has 17 heavy (non-hydrogen) atoms. The Labute approximate surface area is 98.7 Å². The Kier molecular flexibility index (Phi) is 3.19. The van der Waals surface area contributed by atoms with Gasteiger partial charge in [0.05, 0.1) is 5.56 Å². The van der Waals surface area contributed by atoms with E-state index in [9.17, 15) is 9.18 Å². The molecule has 0 saturated heterocycles. The molecule has 2 rings (SSSR count). The fourth-order valence-electron chi connectivity index (χ4n) is 1.48. The third kappa shape index (κ3) is 2.69. The number of rotatable bonds is 3. The van der Waals surface area contributed by atoms with Crippen molar-refractivity contribution in [1.82, 2.24) is 0 Å². The van der Waals surface area contributed by atoms with Crippen LogP contribution in [0.4, 0.5) is 4.39 Å². The fourth-order valence-corrected chi connectivity index (χ4v) is 1.48. The van der Waals surface area contributed by atoms with E-state index < -0.39 is 0 Å². The summed E-state index contributed by atoms with van der Waals surface area (Å²) in [4.78, 5) is 11.4. The minimum atomic E-state index is -0.322. The zero-order valence-electron chi connectivity index (χ0n) is 9.31. The summed E-state index contributed by atoms with van der Waals surface area (Å²) in [6.45, 7) is 1.48. The summed E-state index contributed by atoms with van der Waals surface area (Å²) in [6.07, 6.45) is 0. The lowest BCUT2D eigenvalue weighted by Gasteiger charge is -2.08. The average Bonchev–Trinajstić information content (AvgIpc) is 2.32. The number of hydrogen-bond acceptors (Lipinski definition) is 2. The molecule has 0 amide bonds. The van der Waals surface area contributed by atoms with Gasteiger partial charge in [0.25, 0.3) is 0 Å². The predicted octanol–water partition coefficient (Wildman–Crippen LogP) is 3.82. The molecule has 3 heteroatoms. The van der Waals surface area contributed by atoms with Gasteiger partial charge in [-0.1, -0.05) is 12.1 Å². The number of carbonyl (C=O) groups excluding carboxylic acids is 1. The number of hydrogen-bond donors (Lipinski definition) is 0. The lowest BCUT2D eigenvalue weighted by Crippen LogP contribution is -1.96. The van der Waals surface area contributed by atoms with Gasteiger partial charge in [-0.25, -0.2) is 4.39 Å². The van der Waals surface area contributed by atoms with Crippen LogP contribution in [0.1, 0.15) is 17.3 Å². The van der Waals surface area contributed by atoms with E-state index in [-0.39, 0.29) is 11.6 Å². The van der Waals surface area contributed by atoms with Crippen molar-refractivity contribution in [3.8, 4) is 11.5 Å². The largest absolute Gasteiger partial charge is 0.457 e. The summed E-state index contributed by atoms with van der Waals surface area (Å²) in [5.41, 5.74) is 0.511. The van der Waals surface area contributed by atoms with Crippen molar-refractivity contribution in [2.75, 3.05) is 0 Å². The number of Topliss-reactive ketones (excluding diaryl/α,β-unsaturated/α-hetero) is 1. The third-order valence-corrected chi connectivity index (χ3v) is 2.31. The second-order valence-corrected chi connectivity index (χ2v) is 3.61. The second kappa shape index (κ2) is 4.78. The van der Waals surface area contributed by atoms with Crippen LogP contribution in [-0.4, -0.2) is 5.78 Å². The maximum absolute atomic E-state index is 12.7. The molecule has 0 N–H and O–H groups in total. The molecular weight excluding hydrogens is 219 g/mol. The Morgan fingerprint density at radius 1 is 1.06 bits per heavy atom. The molecule has 0 spiro atoms. The molecule has 0 fully saturated rings. The van der Waals surface area contributed by atoms with Crippen molar-refractivity contribution in [2.24, 2.45) is 0 Å². The quantitative estimate of drug-likeness (QED) is 0.749. The number of para-hydroxylation sites is 1. The van der Waals surface area contributed by atoms with Gasteiger partial charge in [0, 0.05) is 0 Å². The second-order valence-electron chi connectivity index (χ2n) is 3.61. The first-order chi connectivity index (χ1) is 8.16. The number of benzene rings is 2. The van der Waals surface area contributed by atoms with E-state index in [4.69, 9.17) is 4.74 Å². The van der Waals surface area contributed by atoms with E-state index in [1.54, 1.807) is 24.3 Å². The zero-order valence-corrected chi connectivity index (χ0v) is 9.31. The molecule has 0 saturated carbocycles. The molecule has 0 bridgehead atoms. The molecule has 0 heterocycles. The average molecular weight is 230 g/mol. The molecule has 0 unspecified atom stereocenters. The Bertz CT molecular complexity index is 532. The van der Waals surface area contributed by atoms with E-state index in [1.165, 1.54) is 31.2 Å². The fraction of sp³-hybridized carbons (Fsp3) is 0.0714. The topological polar surface area (TPSA) is 26.3 Å². The van der Waals surface area contributed by atoms with Gasteiger partial charge >= 0.3 is 0 Å². The van der Waals surface area contributed by atoms with Gasteiger partial charge in [0.15, 0.2) is 5.78 Å². The highest BCUT2D eigenvalue weighted by molar-refractivity contribution is 5.96. The van der Waals surface area contributed by atoms with Gasteiger partial charge in [-0.15, -0.1) is 0 Å². The first-order valence-electron chi connectivity index (χ1n) is 5.20. The first kappa shape index (κ1) is 11.3. The number of ether oxygens (including phenoxy) is 1. The normalized spacial score (nSPS) is 10.0.